The molecule has 1 atom stereocenters. The molecule has 1 amide bonds. The zero-order valence-corrected chi connectivity index (χ0v) is 15.0. The smallest absolute Gasteiger partial charge is 0.242 e. The number of carbonyl (C=O) groups is 1. The molecule has 0 spiro atoms. The number of aromatic nitrogens is 1. The van der Waals surface area contributed by atoms with Crippen molar-refractivity contribution in [2.75, 3.05) is 39.8 Å². The molecule has 0 bridgehead atoms. The van der Waals surface area contributed by atoms with Crippen LogP contribution in [0.15, 0.2) is 48.3 Å². The minimum Gasteiger partial charge on any atom is -0.354 e. The second-order valence-electron chi connectivity index (χ2n) is 6.83. The van der Waals surface area contributed by atoms with Crippen molar-refractivity contribution in [3.05, 3.63) is 53.9 Å². The van der Waals surface area contributed by atoms with E-state index >= 15 is 0 Å². The third kappa shape index (κ3) is 5.00. The lowest BCUT2D eigenvalue weighted by Gasteiger charge is -2.37. The van der Waals surface area contributed by atoms with Crippen LogP contribution in [0.4, 0.5) is 0 Å². The maximum Gasteiger partial charge on any atom is 0.242 e. The van der Waals surface area contributed by atoms with Crippen LogP contribution in [0.1, 0.15) is 30.9 Å². The summed E-state index contributed by atoms with van der Waals surface area (Å²) in [5.74, 6) is 0.0814. The van der Waals surface area contributed by atoms with Gasteiger partial charge in [0.1, 0.15) is 6.04 Å². The Bertz CT molecular complexity index is 618. The summed E-state index contributed by atoms with van der Waals surface area (Å²) in [5.41, 5.74) is 2.30. The number of likely N-dealkylation sites (N-methyl/N-ethyl adjacent to an activating group) is 1. The van der Waals surface area contributed by atoms with Gasteiger partial charge >= 0.3 is 0 Å². The first-order valence-corrected chi connectivity index (χ1v) is 9.20. The lowest BCUT2D eigenvalue weighted by molar-refractivity contribution is -0.127. The Morgan fingerprint density at radius 3 is 2.80 bits per heavy atom. The van der Waals surface area contributed by atoms with Crippen LogP contribution < -0.4 is 5.32 Å². The molecule has 1 aromatic heterocycles. The molecule has 134 valence electrons. The van der Waals surface area contributed by atoms with E-state index < -0.39 is 0 Å². The molecule has 2 heterocycles. The molecule has 2 aliphatic rings. The van der Waals surface area contributed by atoms with E-state index in [1.165, 1.54) is 5.57 Å². The third-order valence-corrected chi connectivity index (χ3v) is 4.94. The lowest BCUT2D eigenvalue weighted by Crippen LogP contribution is -2.50. The quantitative estimate of drug-likeness (QED) is 0.862. The van der Waals surface area contributed by atoms with Gasteiger partial charge in [-0.25, -0.2) is 0 Å². The Morgan fingerprint density at radius 1 is 1.28 bits per heavy atom. The van der Waals surface area contributed by atoms with E-state index in [2.05, 4.69) is 45.4 Å². The van der Waals surface area contributed by atoms with Crippen molar-refractivity contribution >= 4 is 5.91 Å². The van der Waals surface area contributed by atoms with Gasteiger partial charge in [0.25, 0.3) is 0 Å². The zero-order valence-electron chi connectivity index (χ0n) is 15.0. The van der Waals surface area contributed by atoms with Gasteiger partial charge in [-0.3, -0.25) is 14.7 Å². The first-order chi connectivity index (χ1) is 12.2. The number of carbonyl (C=O) groups excluding carboxylic acids is 1. The van der Waals surface area contributed by atoms with Crippen LogP contribution in [0.3, 0.4) is 0 Å². The Balaban J connectivity index is 1.63. The van der Waals surface area contributed by atoms with E-state index in [0.717, 1.165) is 51.0 Å². The fraction of sp³-hybridized carbons (Fsp3) is 0.500. The van der Waals surface area contributed by atoms with Crippen LogP contribution >= 0.6 is 0 Å². The highest BCUT2D eigenvalue weighted by Gasteiger charge is 2.29. The average Bonchev–Trinajstić information content (AvgIpc) is 2.65. The summed E-state index contributed by atoms with van der Waals surface area (Å²) in [7, 11) is 2.13. The number of nitrogens with one attached hydrogen (secondary N) is 1. The molecule has 3 rings (SSSR count). The van der Waals surface area contributed by atoms with Crippen molar-refractivity contribution in [1.82, 2.24) is 20.1 Å². The monoisotopic (exact) mass is 340 g/mol. The first kappa shape index (κ1) is 17.8. The molecule has 1 aliphatic heterocycles. The number of amides is 1. The summed E-state index contributed by atoms with van der Waals surface area (Å²) in [5, 5.41) is 3.14. The van der Waals surface area contributed by atoms with Gasteiger partial charge in [-0.05, 0) is 37.9 Å². The Morgan fingerprint density at radius 2 is 2.12 bits per heavy atom. The molecule has 1 aliphatic carbocycles. The second-order valence-corrected chi connectivity index (χ2v) is 6.83. The van der Waals surface area contributed by atoms with Crippen molar-refractivity contribution in [2.45, 2.75) is 25.3 Å². The number of pyridine rings is 1. The number of hydrogen-bond donors (Lipinski definition) is 1. The summed E-state index contributed by atoms with van der Waals surface area (Å²) < 4.78 is 0. The van der Waals surface area contributed by atoms with Gasteiger partial charge in [0.15, 0.2) is 0 Å². The molecule has 25 heavy (non-hydrogen) atoms. The van der Waals surface area contributed by atoms with Crippen LogP contribution in [-0.2, 0) is 4.79 Å². The van der Waals surface area contributed by atoms with Gasteiger partial charge in [-0.15, -0.1) is 0 Å². The van der Waals surface area contributed by atoms with Gasteiger partial charge in [-0.1, -0.05) is 29.9 Å². The first-order valence-electron chi connectivity index (χ1n) is 9.20. The van der Waals surface area contributed by atoms with Crippen molar-refractivity contribution in [3.63, 3.8) is 0 Å². The standard InChI is InChI=1S/C20H28N4O/c1-23-12-14-24(15-13-23)19(18-8-5-10-21-16-18)20(25)22-11-9-17-6-3-2-4-7-17/h3,5-8,10,16,19H,2,4,9,11-15H2,1H3,(H,22,25). The molecule has 5 heteroatoms. The molecule has 0 saturated carbocycles. The lowest BCUT2D eigenvalue weighted by atomic mass is 10.0. The summed E-state index contributed by atoms with van der Waals surface area (Å²) in [4.78, 5) is 21.7. The van der Waals surface area contributed by atoms with Crippen LogP contribution in [0, 0.1) is 0 Å². The van der Waals surface area contributed by atoms with Crippen LogP contribution in [0.5, 0.6) is 0 Å². The number of allylic oxidation sites excluding steroid dienone is 3. The fourth-order valence-electron chi connectivity index (χ4n) is 3.43. The molecule has 1 N–H and O–H groups in total. The summed E-state index contributed by atoms with van der Waals surface area (Å²) >= 11 is 0. The van der Waals surface area contributed by atoms with Crippen molar-refractivity contribution in [2.24, 2.45) is 0 Å². The molecule has 5 nitrogen and oxygen atoms in total. The molecule has 0 radical (unpaired) electrons. The van der Waals surface area contributed by atoms with E-state index in [4.69, 9.17) is 0 Å². The van der Waals surface area contributed by atoms with E-state index in [1.807, 2.05) is 18.3 Å². The number of nitrogens with zero attached hydrogens (tertiary/aromatic N) is 3. The molecular weight excluding hydrogens is 312 g/mol. The highest BCUT2D eigenvalue weighted by atomic mass is 16.2. The van der Waals surface area contributed by atoms with Gasteiger partial charge in [0.2, 0.25) is 5.91 Å². The fourth-order valence-corrected chi connectivity index (χ4v) is 3.43. The summed E-state index contributed by atoms with van der Waals surface area (Å²) in [6, 6.07) is 3.66. The van der Waals surface area contributed by atoms with Crippen LogP contribution in [0.25, 0.3) is 0 Å². The van der Waals surface area contributed by atoms with E-state index in [1.54, 1.807) is 6.20 Å². The highest BCUT2D eigenvalue weighted by molar-refractivity contribution is 5.83. The topological polar surface area (TPSA) is 48.5 Å². The largest absolute Gasteiger partial charge is 0.354 e. The Kier molecular flexibility index (Phi) is 6.36. The van der Waals surface area contributed by atoms with Crippen LogP contribution in [0.2, 0.25) is 0 Å². The molecule has 1 saturated heterocycles. The van der Waals surface area contributed by atoms with E-state index in [0.29, 0.717) is 6.54 Å². The third-order valence-electron chi connectivity index (χ3n) is 4.94. The summed E-state index contributed by atoms with van der Waals surface area (Å²) in [6.45, 7) is 4.46. The second kappa shape index (κ2) is 8.92. The molecule has 1 unspecified atom stereocenters. The van der Waals surface area contributed by atoms with Crippen molar-refractivity contribution < 1.29 is 4.79 Å². The number of piperazine rings is 1. The Labute approximate surface area is 150 Å². The molecule has 1 fully saturated rings. The van der Waals surface area contributed by atoms with Crippen LogP contribution in [-0.4, -0.2) is 60.5 Å². The normalized spacial score (nSPS) is 20.1. The SMILES string of the molecule is CN1CCN(C(C(=O)NCCC2=CCCC=C2)c2cccnc2)CC1. The van der Waals surface area contributed by atoms with Gasteiger partial charge < -0.3 is 10.2 Å². The number of rotatable bonds is 6. The molecule has 0 aromatic carbocycles. The van der Waals surface area contributed by atoms with Gasteiger partial charge in [-0.2, -0.15) is 0 Å². The highest BCUT2D eigenvalue weighted by Crippen LogP contribution is 2.22. The molecule has 1 aromatic rings. The van der Waals surface area contributed by atoms with E-state index in [9.17, 15) is 4.79 Å². The minimum absolute atomic E-state index is 0.0814. The predicted octanol–water partition coefficient (Wildman–Crippen LogP) is 2.15. The molecular formula is C20H28N4O. The zero-order chi connectivity index (χ0) is 17.5. The average molecular weight is 340 g/mol. The maximum atomic E-state index is 12.9. The minimum atomic E-state index is -0.252. The predicted molar refractivity (Wildman–Crippen MR) is 100 cm³/mol. The number of hydrogen-bond acceptors (Lipinski definition) is 4. The summed E-state index contributed by atoms with van der Waals surface area (Å²) in [6.07, 6.45) is 13.4. The van der Waals surface area contributed by atoms with Crippen molar-refractivity contribution in [3.8, 4) is 0 Å². The van der Waals surface area contributed by atoms with Crippen molar-refractivity contribution in [1.29, 1.82) is 0 Å². The van der Waals surface area contributed by atoms with E-state index in [-0.39, 0.29) is 11.9 Å². The Hall–Kier alpha value is -1.98. The maximum absolute atomic E-state index is 12.9. The van der Waals surface area contributed by atoms with Gasteiger partial charge in [0.05, 0.1) is 0 Å². The van der Waals surface area contributed by atoms with Gasteiger partial charge in [0, 0.05) is 45.1 Å².